The summed E-state index contributed by atoms with van der Waals surface area (Å²) in [6.07, 6.45) is 1.67. The van der Waals surface area contributed by atoms with Gasteiger partial charge in [0.1, 0.15) is 17.1 Å². The largest absolute Gasteiger partial charge is 0.462 e. The summed E-state index contributed by atoms with van der Waals surface area (Å²) < 4.78 is 20.0. The van der Waals surface area contributed by atoms with Gasteiger partial charge in [-0.1, -0.05) is 30.3 Å². The van der Waals surface area contributed by atoms with Crippen molar-refractivity contribution in [3.8, 4) is 11.3 Å². The minimum absolute atomic E-state index is 0.283. The van der Waals surface area contributed by atoms with Gasteiger partial charge in [-0.3, -0.25) is 4.68 Å². The van der Waals surface area contributed by atoms with Gasteiger partial charge in [-0.2, -0.15) is 5.10 Å². The lowest BCUT2D eigenvalue weighted by Gasteiger charge is -2.02. The number of nitrogens with zero attached hydrogens (tertiary/aromatic N) is 2. The third-order valence-electron chi connectivity index (χ3n) is 3.56. The molecule has 3 aromatic rings. The molecular weight excluding hydrogens is 307 g/mol. The first-order chi connectivity index (χ1) is 11.7. The van der Waals surface area contributed by atoms with Gasteiger partial charge in [0.15, 0.2) is 0 Å². The summed E-state index contributed by atoms with van der Waals surface area (Å²) in [6.45, 7) is 2.57. The van der Waals surface area contributed by atoms with E-state index in [9.17, 15) is 9.18 Å². The first kappa shape index (κ1) is 15.9. The Bertz CT molecular complexity index is 826. The van der Waals surface area contributed by atoms with Crippen LogP contribution < -0.4 is 0 Å². The normalized spacial score (nSPS) is 10.6. The van der Waals surface area contributed by atoms with Gasteiger partial charge in [0.25, 0.3) is 0 Å². The monoisotopic (exact) mass is 324 g/mol. The third-order valence-corrected chi connectivity index (χ3v) is 3.56. The van der Waals surface area contributed by atoms with Gasteiger partial charge in [-0.25, -0.2) is 9.18 Å². The zero-order chi connectivity index (χ0) is 16.9. The van der Waals surface area contributed by atoms with Gasteiger partial charge >= 0.3 is 5.97 Å². The average Bonchev–Trinajstić information content (AvgIpc) is 3.00. The van der Waals surface area contributed by atoms with Crippen LogP contribution in [0.15, 0.2) is 60.8 Å². The molecule has 0 aliphatic carbocycles. The first-order valence-corrected chi connectivity index (χ1v) is 7.72. The summed E-state index contributed by atoms with van der Waals surface area (Å²) in [5.74, 6) is -0.767. The van der Waals surface area contributed by atoms with E-state index >= 15 is 0 Å². The number of benzene rings is 2. The van der Waals surface area contributed by atoms with Crippen LogP contribution >= 0.6 is 0 Å². The molecular formula is C19H17FN2O2. The van der Waals surface area contributed by atoms with Crippen molar-refractivity contribution in [3.63, 3.8) is 0 Å². The van der Waals surface area contributed by atoms with E-state index < -0.39 is 5.97 Å². The van der Waals surface area contributed by atoms with E-state index in [1.807, 2.05) is 30.3 Å². The number of halogens is 1. The van der Waals surface area contributed by atoms with E-state index in [1.54, 1.807) is 29.9 Å². The molecule has 0 saturated carbocycles. The maximum atomic E-state index is 13.2. The minimum Gasteiger partial charge on any atom is -0.462 e. The van der Waals surface area contributed by atoms with Crippen LogP contribution in [-0.4, -0.2) is 22.4 Å². The average molecular weight is 324 g/mol. The molecule has 0 N–H and O–H groups in total. The van der Waals surface area contributed by atoms with Crippen molar-refractivity contribution in [2.45, 2.75) is 13.5 Å². The summed E-state index contributed by atoms with van der Waals surface area (Å²) in [5, 5.41) is 4.50. The highest BCUT2D eigenvalue weighted by Gasteiger charge is 2.19. The molecule has 0 aliphatic rings. The van der Waals surface area contributed by atoms with E-state index in [0.29, 0.717) is 23.4 Å². The van der Waals surface area contributed by atoms with Gasteiger partial charge in [-0.15, -0.1) is 0 Å². The molecule has 122 valence electrons. The fraction of sp³-hybridized carbons (Fsp3) is 0.158. The Morgan fingerprint density at radius 3 is 2.50 bits per heavy atom. The summed E-state index contributed by atoms with van der Waals surface area (Å²) in [5.41, 5.74) is 2.61. The lowest BCUT2D eigenvalue weighted by atomic mass is 10.1. The van der Waals surface area contributed by atoms with Gasteiger partial charge in [0.05, 0.1) is 13.2 Å². The van der Waals surface area contributed by atoms with Crippen LogP contribution in [0.3, 0.4) is 0 Å². The molecule has 0 spiro atoms. The lowest BCUT2D eigenvalue weighted by Crippen LogP contribution is -2.05. The second kappa shape index (κ2) is 7.08. The Morgan fingerprint density at radius 1 is 1.12 bits per heavy atom. The Balaban J connectivity index is 1.99. The number of rotatable bonds is 5. The molecule has 0 saturated heterocycles. The number of ether oxygens (including phenoxy) is 1. The Morgan fingerprint density at radius 2 is 1.83 bits per heavy atom. The predicted octanol–water partition coefficient (Wildman–Crippen LogP) is 3.91. The van der Waals surface area contributed by atoms with E-state index in [2.05, 4.69) is 5.10 Å². The number of hydrogen-bond donors (Lipinski definition) is 0. The molecule has 3 rings (SSSR count). The molecule has 0 atom stereocenters. The van der Waals surface area contributed by atoms with Gasteiger partial charge in [-0.05, 0) is 36.8 Å². The van der Waals surface area contributed by atoms with Crippen LogP contribution in [0.4, 0.5) is 4.39 Å². The quantitative estimate of drug-likeness (QED) is 0.668. The molecule has 1 heterocycles. The molecule has 5 heteroatoms. The fourth-order valence-corrected chi connectivity index (χ4v) is 2.45. The molecule has 0 bridgehead atoms. The fourth-order valence-electron chi connectivity index (χ4n) is 2.45. The van der Waals surface area contributed by atoms with Crippen molar-refractivity contribution in [3.05, 3.63) is 77.7 Å². The van der Waals surface area contributed by atoms with Crippen LogP contribution in [0.25, 0.3) is 11.3 Å². The van der Waals surface area contributed by atoms with Gasteiger partial charge in [0, 0.05) is 11.8 Å². The minimum atomic E-state index is -0.434. The third kappa shape index (κ3) is 3.51. The van der Waals surface area contributed by atoms with Crippen molar-refractivity contribution < 1.29 is 13.9 Å². The van der Waals surface area contributed by atoms with Crippen LogP contribution in [0.5, 0.6) is 0 Å². The second-order valence-electron chi connectivity index (χ2n) is 5.30. The van der Waals surface area contributed by atoms with Crippen molar-refractivity contribution >= 4 is 5.97 Å². The summed E-state index contributed by atoms with van der Waals surface area (Å²) >= 11 is 0. The number of aromatic nitrogens is 2. The van der Waals surface area contributed by atoms with E-state index in [1.165, 1.54) is 12.1 Å². The van der Waals surface area contributed by atoms with Crippen molar-refractivity contribution in [1.29, 1.82) is 0 Å². The van der Waals surface area contributed by atoms with Crippen LogP contribution in [-0.2, 0) is 11.3 Å². The molecule has 24 heavy (non-hydrogen) atoms. The van der Waals surface area contributed by atoms with Crippen LogP contribution in [0.2, 0.25) is 0 Å². The molecule has 0 amide bonds. The van der Waals surface area contributed by atoms with Crippen LogP contribution in [0, 0.1) is 5.82 Å². The van der Waals surface area contributed by atoms with Gasteiger partial charge < -0.3 is 4.74 Å². The predicted molar refractivity (Wildman–Crippen MR) is 89.1 cm³/mol. The Hall–Kier alpha value is -2.95. The Labute approximate surface area is 139 Å². The first-order valence-electron chi connectivity index (χ1n) is 7.72. The van der Waals surface area contributed by atoms with Gasteiger partial charge in [0.2, 0.25) is 0 Å². The van der Waals surface area contributed by atoms with Crippen molar-refractivity contribution in [2.24, 2.45) is 0 Å². The van der Waals surface area contributed by atoms with Crippen molar-refractivity contribution in [1.82, 2.24) is 9.78 Å². The highest BCUT2D eigenvalue weighted by molar-refractivity contribution is 5.96. The number of carbonyl (C=O) groups excluding carboxylic acids is 1. The van der Waals surface area contributed by atoms with E-state index in [0.717, 1.165) is 5.56 Å². The molecule has 4 nitrogen and oxygen atoms in total. The molecule has 0 fully saturated rings. The summed E-state index contributed by atoms with van der Waals surface area (Å²) in [4.78, 5) is 12.2. The molecule has 0 unspecified atom stereocenters. The highest BCUT2D eigenvalue weighted by atomic mass is 19.1. The number of carbonyl (C=O) groups is 1. The molecule has 0 radical (unpaired) electrons. The van der Waals surface area contributed by atoms with Crippen LogP contribution in [0.1, 0.15) is 22.8 Å². The SMILES string of the molecule is CCOC(=O)c1cn(Cc2ccccc2)nc1-c1ccc(F)cc1. The van der Waals surface area contributed by atoms with E-state index in [4.69, 9.17) is 4.74 Å². The summed E-state index contributed by atoms with van der Waals surface area (Å²) in [7, 11) is 0. The maximum Gasteiger partial charge on any atom is 0.341 e. The zero-order valence-corrected chi connectivity index (χ0v) is 13.3. The molecule has 0 aliphatic heterocycles. The zero-order valence-electron chi connectivity index (χ0n) is 13.3. The number of esters is 1. The van der Waals surface area contributed by atoms with E-state index in [-0.39, 0.29) is 12.4 Å². The molecule has 1 aromatic heterocycles. The second-order valence-corrected chi connectivity index (χ2v) is 5.30. The summed E-state index contributed by atoms with van der Waals surface area (Å²) in [6, 6.07) is 15.7. The smallest absolute Gasteiger partial charge is 0.341 e. The standard InChI is InChI=1S/C19H17FN2O2/c1-2-24-19(23)17-13-22(12-14-6-4-3-5-7-14)21-18(17)15-8-10-16(20)11-9-15/h3-11,13H,2,12H2,1H3. The highest BCUT2D eigenvalue weighted by Crippen LogP contribution is 2.23. The topological polar surface area (TPSA) is 44.1 Å². The molecule has 2 aromatic carbocycles. The number of hydrogen-bond acceptors (Lipinski definition) is 3. The maximum absolute atomic E-state index is 13.2. The van der Waals surface area contributed by atoms with Crippen molar-refractivity contribution in [2.75, 3.05) is 6.61 Å². The lowest BCUT2D eigenvalue weighted by molar-refractivity contribution is 0.0527. The Kier molecular flexibility index (Phi) is 4.70.